The molecule has 2 rings (SSSR count). The molecule has 7 nitrogen and oxygen atoms in total. The van der Waals surface area contributed by atoms with Gasteiger partial charge in [-0.05, 0) is 13.0 Å². The Balaban J connectivity index is 2.45. The van der Waals surface area contributed by atoms with Crippen molar-refractivity contribution in [3.63, 3.8) is 0 Å². The van der Waals surface area contributed by atoms with Crippen molar-refractivity contribution in [1.82, 2.24) is 9.78 Å². The van der Waals surface area contributed by atoms with Gasteiger partial charge in [0.05, 0.1) is 17.2 Å². The quantitative estimate of drug-likeness (QED) is 0.492. The van der Waals surface area contributed by atoms with Crippen LogP contribution >= 0.6 is 23.2 Å². The van der Waals surface area contributed by atoms with E-state index in [-0.39, 0.29) is 27.8 Å². The van der Waals surface area contributed by atoms with Crippen LogP contribution in [0, 0.1) is 0 Å². The van der Waals surface area contributed by atoms with E-state index in [1.54, 1.807) is 0 Å². The van der Waals surface area contributed by atoms with E-state index >= 15 is 0 Å². The van der Waals surface area contributed by atoms with Crippen molar-refractivity contribution in [2.45, 2.75) is 19.2 Å². The summed E-state index contributed by atoms with van der Waals surface area (Å²) < 4.78 is 55.1. The molecule has 0 aliphatic heterocycles. The minimum Gasteiger partial charge on any atom is -0.477 e. The third-order valence-electron chi connectivity index (χ3n) is 3.45. The molecule has 1 atom stereocenters. The first kappa shape index (κ1) is 21.8. The number of hydrogen-bond donors (Lipinski definition) is 0. The van der Waals surface area contributed by atoms with E-state index in [0.717, 1.165) is 11.7 Å². The van der Waals surface area contributed by atoms with Crippen LogP contribution in [0.4, 0.5) is 13.2 Å². The van der Waals surface area contributed by atoms with E-state index < -0.39 is 35.4 Å². The van der Waals surface area contributed by atoms with Gasteiger partial charge in [-0.3, -0.25) is 4.79 Å². The maximum atomic E-state index is 13.0. The Morgan fingerprint density at radius 1 is 1.25 bits per heavy atom. The Hall–Kier alpha value is -2.46. The fourth-order valence-corrected chi connectivity index (χ4v) is 2.62. The molecule has 0 fully saturated rings. The molecule has 12 heteroatoms. The lowest BCUT2D eigenvalue weighted by molar-refractivity contribution is -0.148. The number of aryl methyl sites for hydroxylation is 1. The average molecular weight is 441 g/mol. The minimum atomic E-state index is -4.86. The maximum Gasteiger partial charge on any atom is 0.436 e. The number of benzene rings is 1. The molecule has 1 aromatic heterocycles. The number of carbonyl (C=O) groups excluding carboxylic acids is 2. The van der Waals surface area contributed by atoms with Crippen LogP contribution in [0.5, 0.6) is 17.4 Å². The van der Waals surface area contributed by atoms with Crippen LogP contribution < -0.4 is 9.47 Å². The lowest BCUT2D eigenvalue weighted by atomic mass is 10.2. The van der Waals surface area contributed by atoms with E-state index in [1.807, 2.05) is 0 Å². The average Bonchev–Trinajstić information content (AvgIpc) is 2.94. The molecule has 2 aromatic rings. The molecule has 0 spiro atoms. The fraction of sp³-hybridized carbons (Fsp3) is 0.312. The molecule has 0 saturated carbocycles. The van der Waals surface area contributed by atoms with Crippen molar-refractivity contribution in [3.05, 3.63) is 33.4 Å². The van der Waals surface area contributed by atoms with Gasteiger partial charge in [0.25, 0.3) is 0 Å². The zero-order chi connectivity index (χ0) is 21.2. The number of halogens is 5. The minimum absolute atomic E-state index is 0.0182. The van der Waals surface area contributed by atoms with Gasteiger partial charge >= 0.3 is 12.1 Å². The largest absolute Gasteiger partial charge is 0.477 e. The van der Waals surface area contributed by atoms with Gasteiger partial charge in [0.1, 0.15) is 11.3 Å². The van der Waals surface area contributed by atoms with Crippen molar-refractivity contribution in [3.8, 4) is 17.4 Å². The Morgan fingerprint density at radius 2 is 1.86 bits per heavy atom. The Morgan fingerprint density at radius 3 is 2.39 bits per heavy atom. The molecule has 0 unspecified atom stereocenters. The zero-order valence-electron chi connectivity index (χ0n) is 14.6. The van der Waals surface area contributed by atoms with Crippen LogP contribution in [-0.2, 0) is 22.8 Å². The smallest absolute Gasteiger partial charge is 0.436 e. The molecular formula is C16H13Cl2F3N2O5. The van der Waals surface area contributed by atoms with Gasteiger partial charge in [0.15, 0.2) is 23.8 Å². The SMILES string of the molecule is COC(=O)[C@H](C)Oc1cc(Oc2c(C=O)c(C(F)(F)F)nn2C)c(Cl)cc1Cl. The third kappa shape index (κ3) is 4.50. The van der Waals surface area contributed by atoms with Gasteiger partial charge in [-0.15, -0.1) is 0 Å². The number of aromatic nitrogens is 2. The highest BCUT2D eigenvalue weighted by Gasteiger charge is 2.39. The summed E-state index contributed by atoms with van der Waals surface area (Å²) in [5.74, 6) is -1.38. The lowest BCUT2D eigenvalue weighted by Crippen LogP contribution is -2.25. The van der Waals surface area contributed by atoms with Gasteiger partial charge in [-0.1, -0.05) is 23.2 Å². The number of nitrogens with zero attached hydrogens (tertiary/aromatic N) is 2. The summed E-state index contributed by atoms with van der Waals surface area (Å²) in [4.78, 5) is 22.7. The van der Waals surface area contributed by atoms with Gasteiger partial charge in [0.2, 0.25) is 5.88 Å². The molecule has 1 aromatic carbocycles. The molecule has 0 N–H and O–H groups in total. The first-order valence-corrected chi connectivity index (χ1v) is 8.25. The molecule has 1 heterocycles. The van der Waals surface area contributed by atoms with Crippen LogP contribution in [-0.4, -0.2) is 35.2 Å². The second kappa shape index (κ2) is 8.27. The Bertz CT molecular complexity index is 915. The summed E-state index contributed by atoms with van der Waals surface area (Å²) in [5.41, 5.74) is -2.20. The summed E-state index contributed by atoms with van der Waals surface area (Å²) in [5, 5.41) is 3.22. The highest BCUT2D eigenvalue weighted by atomic mass is 35.5. The fourth-order valence-electron chi connectivity index (χ4n) is 2.15. The second-order valence-corrected chi connectivity index (χ2v) is 6.22. The molecule has 0 aliphatic carbocycles. The van der Waals surface area contributed by atoms with Crippen LogP contribution in [0.15, 0.2) is 12.1 Å². The van der Waals surface area contributed by atoms with Gasteiger partial charge in [-0.25, -0.2) is 9.48 Å². The molecule has 0 bridgehead atoms. The number of ether oxygens (including phenoxy) is 3. The topological polar surface area (TPSA) is 79.7 Å². The summed E-state index contributed by atoms with van der Waals surface area (Å²) in [7, 11) is 2.33. The number of methoxy groups -OCH3 is 1. The van der Waals surface area contributed by atoms with Gasteiger partial charge in [0, 0.05) is 13.1 Å². The Kier molecular flexibility index (Phi) is 6.45. The number of aldehydes is 1. The summed E-state index contributed by atoms with van der Waals surface area (Å²) in [6.45, 7) is 1.40. The van der Waals surface area contributed by atoms with Crippen molar-refractivity contribution < 1.29 is 37.0 Å². The summed E-state index contributed by atoms with van der Waals surface area (Å²) >= 11 is 12.0. The molecule has 0 amide bonds. The lowest BCUT2D eigenvalue weighted by Gasteiger charge is -2.16. The molecular weight excluding hydrogens is 428 g/mol. The van der Waals surface area contributed by atoms with Gasteiger partial charge in [-0.2, -0.15) is 18.3 Å². The highest BCUT2D eigenvalue weighted by Crippen LogP contribution is 2.41. The monoisotopic (exact) mass is 440 g/mol. The van der Waals surface area contributed by atoms with Crippen LogP contribution in [0.3, 0.4) is 0 Å². The van der Waals surface area contributed by atoms with Crippen molar-refractivity contribution in [2.24, 2.45) is 7.05 Å². The molecule has 0 saturated heterocycles. The maximum absolute atomic E-state index is 13.0. The molecule has 28 heavy (non-hydrogen) atoms. The van der Waals surface area contributed by atoms with Gasteiger partial charge < -0.3 is 14.2 Å². The Labute approximate surface area is 166 Å². The van der Waals surface area contributed by atoms with Crippen LogP contribution in [0.25, 0.3) is 0 Å². The zero-order valence-corrected chi connectivity index (χ0v) is 16.1. The number of esters is 1. The highest BCUT2D eigenvalue weighted by molar-refractivity contribution is 6.36. The molecule has 0 radical (unpaired) electrons. The first-order valence-electron chi connectivity index (χ1n) is 7.50. The molecule has 152 valence electrons. The number of carbonyl (C=O) groups is 2. The summed E-state index contributed by atoms with van der Waals surface area (Å²) in [6, 6.07) is 2.37. The van der Waals surface area contributed by atoms with Crippen molar-refractivity contribution in [2.75, 3.05) is 7.11 Å². The van der Waals surface area contributed by atoms with E-state index in [1.165, 1.54) is 26.2 Å². The van der Waals surface area contributed by atoms with E-state index in [4.69, 9.17) is 32.7 Å². The normalized spacial score (nSPS) is 12.4. The van der Waals surface area contributed by atoms with Crippen molar-refractivity contribution >= 4 is 35.5 Å². The number of hydrogen-bond acceptors (Lipinski definition) is 6. The predicted octanol–water partition coefficient (Wildman–Crippen LogP) is 4.29. The number of rotatable bonds is 6. The van der Waals surface area contributed by atoms with Crippen LogP contribution in [0.2, 0.25) is 10.0 Å². The number of alkyl halides is 3. The van der Waals surface area contributed by atoms with E-state index in [9.17, 15) is 22.8 Å². The predicted molar refractivity (Wildman–Crippen MR) is 92.2 cm³/mol. The standard InChI is InChI=1S/C16H13Cl2F3N2O5/c1-7(15(25)26-3)27-11-5-12(10(18)4-9(11)17)28-14-8(6-24)13(16(19,20)21)22-23(14)2/h4-7H,1-3H3/t7-/m0/s1. The second-order valence-electron chi connectivity index (χ2n) is 5.41. The summed E-state index contributed by atoms with van der Waals surface area (Å²) in [6.07, 6.45) is -5.91. The van der Waals surface area contributed by atoms with E-state index in [0.29, 0.717) is 0 Å². The van der Waals surface area contributed by atoms with E-state index in [2.05, 4.69) is 9.84 Å². The first-order chi connectivity index (χ1) is 13.0. The third-order valence-corrected chi connectivity index (χ3v) is 4.04. The van der Waals surface area contributed by atoms with Crippen LogP contribution in [0.1, 0.15) is 23.0 Å². The van der Waals surface area contributed by atoms with Crippen molar-refractivity contribution in [1.29, 1.82) is 0 Å². The molecule has 0 aliphatic rings.